The van der Waals surface area contributed by atoms with E-state index < -0.39 is 23.8 Å². The van der Waals surface area contributed by atoms with Crippen molar-refractivity contribution in [2.24, 2.45) is 5.73 Å². The Morgan fingerprint density at radius 2 is 2.14 bits per heavy atom. The number of nitrogens with two attached hydrogens (primary N) is 1. The molecule has 0 aromatic heterocycles. The Bertz CT molecular complexity index is 514. The number of ether oxygens (including phenoxy) is 3. The van der Waals surface area contributed by atoms with Crippen LogP contribution in [0.5, 0.6) is 0 Å². The molecule has 116 valence electrons. The molecular weight excluding hydrogens is 291 g/mol. The molecule has 0 aromatic rings. The van der Waals surface area contributed by atoms with Gasteiger partial charge in [0.1, 0.15) is 19.0 Å². The molecule has 2 rings (SSSR count). The van der Waals surface area contributed by atoms with E-state index in [4.69, 9.17) is 19.9 Å². The maximum atomic E-state index is 13.7. The van der Waals surface area contributed by atoms with Crippen molar-refractivity contribution in [3.05, 3.63) is 48.0 Å². The molecular formula is C13H14F3NO4. The molecule has 1 heterocycles. The lowest BCUT2D eigenvalue weighted by Crippen LogP contribution is -2.34. The average molecular weight is 305 g/mol. The Morgan fingerprint density at radius 3 is 2.76 bits per heavy atom. The van der Waals surface area contributed by atoms with Crippen LogP contribution in [0.1, 0.15) is 0 Å². The highest BCUT2D eigenvalue weighted by Gasteiger charge is 2.46. The number of rotatable bonds is 5. The predicted octanol–water partition coefficient (Wildman–Crippen LogP) is 1.48. The molecule has 8 heteroatoms. The zero-order valence-corrected chi connectivity index (χ0v) is 10.8. The number of aliphatic hydroxyl groups is 1. The lowest BCUT2D eigenvalue weighted by atomic mass is 9.97. The highest BCUT2D eigenvalue weighted by molar-refractivity contribution is 5.41. The van der Waals surface area contributed by atoms with Crippen LogP contribution in [0, 0.1) is 0 Å². The van der Waals surface area contributed by atoms with Gasteiger partial charge in [-0.25, -0.2) is 4.39 Å². The molecule has 0 aromatic carbocycles. The minimum absolute atomic E-state index is 0.00143. The molecule has 2 aliphatic rings. The SMILES string of the molecule is NC[C@@H](O)COC1=COC(C2=CC=CC(F)C2(F)F)=CO1. The van der Waals surface area contributed by atoms with Gasteiger partial charge in [0, 0.05) is 6.54 Å². The molecule has 5 nitrogen and oxygen atoms in total. The Labute approximate surface area is 118 Å². The van der Waals surface area contributed by atoms with Crippen molar-refractivity contribution in [3.63, 3.8) is 0 Å². The van der Waals surface area contributed by atoms with Gasteiger partial charge < -0.3 is 25.1 Å². The van der Waals surface area contributed by atoms with Crippen LogP contribution >= 0.6 is 0 Å². The molecule has 0 spiro atoms. The first-order valence-electron chi connectivity index (χ1n) is 6.11. The lowest BCUT2D eigenvalue weighted by Gasteiger charge is -2.26. The number of aliphatic hydroxyl groups excluding tert-OH is 1. The second kappa shape index (κ2) is 6.23. The fourth-order valence-electron chi connectivity index (χ4n) is 1.60. The monoisotopic (exact) mass is 305 g/mol. The largest absolute Gasteiger partial charge is 0.460 e. The van der Waals surface area contributed by atoms with Crippen LogP contribution in [0.2, 0.25) is 0 Å². The molecule has 0 amide bonds. The Kier molecular flexibility index (Phi) is 4.59. The van der Waals surface area contributed by atoms with E-state index in [0.29, 0.717) is 0 Å². The standard InChI is InChI=1S/C13H14F3NO4/c14-11-3-1-2-9(13(11,15)16)10-6-21-12(7-19-10)20-5-8(18)4-17/h1-3,6-8,11,18H,4-5,17H2/t8-,11?/m1/s1. The van der Waals surface area contributed by atoms with Crippen molar-refractivity contribution < 1.29 is 32.5 Å². The third-order valence-electron chi connectivity index (χ3n) is 2.77. The van der Waals surface area contributed by atoms with Crippen LogP contribution in [0.3, 0.4) is 0 Å². The lowest BCUT2D eigenvalue weighted by molar-refractivity contribution is -0.0266. The summed E-state index contributed by atoms with van der Waals surface area (Å²) < 4.78 is 55.5. The number of hydrogen-bond acceptors (Lipinski definition) is 5. The third-order valence-corrected chi connectivity index (χ3v) is 2.77. The molecule has 3 N–H and O–H groups in total. The second-order valence-electron chi connectivity index (χ2n) is 4.35. The minimum atomic E-state index is -3.70. The summed E-state index contributed by atoms with van der Waals surface area (Å²) in [6, 6.07) is 0. The predicted molar refractivity (Wildman–Crippen MR) is 66.4 cm³/mol. The van der Waals surface area contributed by atoms with Crippen molar-refractivity contribution in [1.82, 2.24) is 0 Å². The van der Waals surface area contributed by atoms with Gasteiger partial charge in [0.15, 0.2) is 18.2 Å². The maximum Gasteiger partial charge on any atom is 0.321 e. The maximum absolute atomic E-state index is 13.7. The molecule has 1 aliphatic carbocycles. The van der Waals surface area contributed by atoms with Crippen molar-refractivity contribution in [3.8, 4) is 0 Å². The summed E-state index contributed by atoms with van der Waals surface area (Å²) in [6.45, 7) is -0.137. The average Bonchev–Trinajstić information content (AvgIpc) is 2.48. The fourth-order valence-corrected chi connectivity index (χ4v) is 1.60. The van der Waals surface area contributed by atoms with E-state index in [1.807, 2.05) is 0 Å². The van der Waals surface area contributed by atoms with Gasteiger partial charge in [0.05, 0.1) is 5.57 Å². The summed E-state index contributed by atoms with van der Waals surface area (Å²) in [5.74, 6) is -4.15. The quantitative estimate of drug-likeness (QED) is 0.805. The van der Waals surface area contributed by atoms with Gasteiger partial charge in [0.2, 0.25) is 0 Å². The summed E-state index contributed by atoms with van der Waals surface area (Å²) in [7, 11) is 0. The molecule has 0 fully saturated rings. The van der Waals surface area contributed by atoms with Gasteiger partial charge in [-0.1, -0.05) is 6.08 Å². The smallest absolute Gasteiger partial charge is 0.321 e. The molecule has 1 aliphatic heterocycles. The van der Waals surface area contributed by atoms with E-state index >= 15 is 0 Å². The Morgan fingerprint density at radius 1 is 1.38 bits per heavy atom. The number of hydrogen-bond donors (Lipinski definition) is 2. The van der Waals surface area contributed by atoms with Crippen molar-refractivity contribution in [1.29, 1.82) is 0 Å². The fraction of sp³-hybridized carbons (Fsp3) is 0.385. The van der Waals surface area contributed by atoms with E-state index in [1.54, 1.807) is 0 Å². The van der Waals surface area contributed by atoms with Gasteiger partial charge in [-0.05, 0) is 12.2 Å². The first-order chi connectivity index (χ1) is 9.95. The van der Waals surface area contributed by atoms with Crippen LogP contribution in [0.25, 0.3) is 0 Å². The van der Waals surface area contributed by atoms with Gasteiger partial charge in [0.25, 0.3) is 0 Å². The topological polar surface area (TPSA) is 73.9 Å². The van der Waals surface area contributed by atoms with Gasteiger partial charge in [-0.15, -0.1) is 0 Å². The molecule has 1 unspecified atom stereocenters. The highest BCUT2D eigenvalue weighted by Crippen LogP contribution is 2.39. The van der Waals surface area contributed by atoms with Crippen molar-refractivity contribution in [2.45, 2.75) is 18.2 Å². The zero-order chi connectivity index (χ0) is 15.5. The third kappa shape index (κ3) is 3.40. The van der Waals surface area contributed by atoms with Gasteiger partial charge in [-0.3, -0.25) is 0 Å². The molecule has 0 bridgehead atoms. The summed E-state index contributed by atoms with van der Waals surface area (Å²) in [5.41, 5.74) is 4.55. The summed E-state index contributed by atoms with van der Waals surface area (Å²) in [6.07, 6.45) is 1.49. The molecule has 2 atom stereocenters. The number of halogens is 3. The van der Waals surface area contributed by atoms with Crippen molar-refractivity contribution >= 4 is 0 Å². The van der Waals surface area contributed by atoms with Crippen LogP contribution in [-0.2, 0) is 14.2 Å². The van der Waals surface area contributed by atoms with E-state index in [2.05, 4.69) is 0 Å². The minimum Gasteiger partial charge on any atom is -0.460 e. The highest BCUT2D eigenvalue weighted by atomic mass is 19.3. The number of alkyl halides is 3. The number of allylic oxidation sites excluding steroid dienone is 4. The Balaban J connectivity index is 1.98. The van der Waals surface area contributed by atoms with Crippen LogP contribution in [-0.4, -0.2) is 36.5 Å². The van der Waals surface area contributed by atoms with Crippen LogP contribution in [0.15, 0.2) is 48.0 Å². The van der Waals surface area contributed by atoms with Crippen LogP contribution in [0.4, 0.5) is 13.2 Å². The first-order valence-corrected chi connectivity index (χ1v) is 6.11. The summed E-state index contributed by atoms with van der Waals surface area (Å²) >= 11 is 0. The first kappa shape index (κ1) is 15.5. The van der Waals surface area contributed by atoms with Crippen LogP contribution < -0.4 is 5.73 Å². The summed E-state index contributed by atoms with van der Waals surface area (Å²) in [4.78, 5) is 0. The van der Waals surface area contributed by atoms with Crippen molar-refractivity contribution in [2.75, 3.05) is 13.2 Å². The van der Waals surface area contributed by atoms with Gasteiger partial charge in [-0.2, -0.15) is 8.78 Å². The second-order valence-corrected chi connectivity index (χ2v) is 4.35. The Hall–Kier alpha value is -1.93. The molecule has 21 heavy (non-hydrogen) atoms. The molecule has 0 saturated heterocycles. The molecule has 0 saturated carbocycles. The molecule has 0 radical (unpaired) electrons. The zero-order valence-electron chi connectivity index (χ0n) is 10.8. The van der Waals surface area contributed by atoms with E-state index in [1.165, 1.54) is 6.08 Å². The van der Waals surface area contributed by atoms with Gasteiger partial charge >= 0.3 is 11.9 Å². The normalized spacial score (nSPS) is 25.0. The van der Waals surface area contributed by atoms with E-state index in [0.717, 1.165) is 24.7 Å². The van der Waals surface area contributed by atoms with E-state index in [9.17, 15) is 18.3 Å². The summed E-state index contributed by atoms with van der Waals surface area (Å²) in [5, 5.41) is 9.20. The van der Waals surface area contributed by atoms with E-state index in [-0.39, 0.29) is 24.9 Å².